The van der Waals surface area contributed by atoms with Crippen LogP contribution in [0.5, 0.6) is 0 Å². The summed E-state index contributed by atoms with van der Waals surface area (Å²) in [6.07, 6.45) is 4.38. The SMILES string of the molecule is Cc1ccccc1-c1nc2ccccc2n1CC(=O)OC1CCCC(C)C1. The van der Waals surface area contributed by atoms with Crippen molar-refractivity contribution in [2.45, 2.75) is 52.2 Å². The first kappa shape index (κ1) is 17.8. The van der Waals surface area contributed by atoms with Crippen molar-refractivity contribution in [3.8, 4) is 11.4 Å². The molecule has 0 bridgehead atoms. The Bertz CT molecular complexity index is 960. The highest BCUT2D eigenvalue weighted by molar-refractivity contribution is 5.83. The zero-order valence-electron chi connectivity index (χ0n) is 16.0. The van der Waals surface area contributed by atoms with Crippen molar-refractivity contribution < 1.29 is 9.53 Å². The van der Waals surface area contributed by atoms with Crippen molar-refractivity contribution in [3.63, 3.8) is 0 Å². The van der Waals surface area contributed by atoms with Crippen LogP contribution in [0.25, 0.3) is 22.4 Å². The molecular formula is C23H26N2O2. The van der Waals surface area contributed by atoms with Crippen molar-refractivity contribution in [2.75, 3.05) is 0 Å². The van der Waals surface area contributed by atoms with Crippen LogP contribution in [0, 0.1) is 12.8 Å². The molecule has 1 aromatic heterocycles. The number of carbonyl (C=O) groups excluding carboxylic acids is 1. The van der Waals surface area contributed by atoms with Crippen LogP contribution in [0.4, 0.5) is 0 Å². The van der Waals surface area contributed by atoms with E-state index in [2.05, 4.69) is 26.0 Å². The smallest absolute Gasteiger partial charge is 0.326 e. The van der Waals surface area contributed by atoms with E-state index in [1.54, 1.807) is 0 Å². The van der Waals surface area contributed by atoms with Gasteiger partial charge in [0.2, 0.25) is 0 Å². The average Bonchev–Trinajstić information content (AvgIpc) is 3.00. The van der Waals surface area contributed by atoms with E-state index in [4.69, 9.17) is 9.72 Å². The molecule has 4 rings (SSSR count). The third-order valence-electron chi connectivity index (χ3n) is 5.51. The lowest BCUT2D eigenvalue weighted by atomic mass is 9.89. The number of fused-ring (bicyclic) bond motifs is 1. The molecular weight excluding hydrogens is 336 g/mol. The molecule has 2 atom stereocenters. The molecule has 0 spiro atoms. The van der Waals surface area contributed by atoms with Gasteiger partial charge in [-0.15, -0.1) is 0 Å². The first-order chi connectivity index (χ1) is 13.1. The van der Waals surface area contributed by atoms with E-state index >= 15 is 0 Å². The van der Waals surface area contributed by atoms with Gasteiger partial charge in [-0.2, -0.15) is 0 Å². The summed E-state index contributed by atoms with van der Waals surface area (Å²) in [6.45, 7) is 4.50. The third kappa shape index (κ3) is 3.75. The van der Waals surface area contributed by atoms with Crippen molar-refractivity contribution in [1.82, 2.24) is 9.55 Å². The second-order valence-corrected chi connectivity index (χ2v) is 7.71. The molecule has 2 unspecified atom stereocenters. The average molecular weight is 362 g/mol. The summed E-state index contributed by atoms with van der Waals surface area (Å²) in [5.74, 6) is 1.28. The molecule has 0 amide bonds. The molecule has 4 nitrogen and oxygen atoms in total. The van der Waals surface area contributed by atoms with Gasteiger partial charge in [0.25, 0.3) is 0 Å². The molecule has 1 heterocycles. The molecule has 27 heavy (non-hydrogen) atoms. The van der Waals surface area contributed by atoms with Crippen LogP contribution < -0.4 is 0 Å². The monoisotopic (exact) mass is 362 g/mol. The summed E-state index contributed by atoms with van der Waals surface area (Å²) in [5.41, 5.74) is 4.05. The highest BCUT2D eigenvalue weighted by Crippen LogP contribution is 2.28. The fourth-order valence-electron chi connectivity index (χ4n) is 4.10. The number of rotatable bonds is 4. The first-order valence-electron chi connectivity index (χ1n) is 9.82. The van der Waals surface area contributed by atoms with Crippen LogP contribution in [-0.2, 0) is 16.1 Å². The summed E-state index contributed by atoms with van der Waals surface area (Å²) in [6, 6.07) is 16.1. The Labute approximate surface area is 160 Å². The Morgan fingerprint density at radius 3 is 2.74 bits per heavy atom. The van der Waals surface area contributed by atoms with Crippen molar-refractivity contribution in [1.29, 1.82) is 0 Å². The zero-order chi connectivity index (χ0) is 18.8. The molecule has 1 aliphatic rings. The Balaban J connectivity index is 1.65. The molecule has 3 aromatic rings. The topological polar surface area (TPSA) is 44.1 Å². The number of nitrogens with zero attached hydrogens (tertiary/aromatic N) is 2. The van der Waals surface area contributed by atoms with E-state index in [-0.39, 0.29) is 18.6 Å². The second-order valence-electron chi connectivity index (χ2n) is 7.71. The van der Waals surface area contributed by atoms with Gasteiger partial charge in [0.1, 0.15) is 18.5 Å². The summed E-state index contributed by atoms with van der Waals surface area (Å²) in [5, 5.41) is 0. The van der Waals surface area contributed by atoms with Gasteiger partial charge in [0.15, 0.2) is 0 Å². The van der Waals surface area contributed by atoms with E-state index in [1.807, 2.05) is 41.0 Å². The Hall–Kier alpha value is -2.62. The standard InChI is InChI=1S/C23H26N2O2/c1-16-8-7-10-18(14-16)27-22(26)15-25-21-13-6-5-12-20(21)24-23(25)19-11-4-3-9-17(19)2/h3-6,9,11-13,16,18H,7-8,10,14-15H2,1-2H3. The molecule has 1 fully saturated rings. The number of aromatic nitrogens is 2. The van der Waals surface area contributed by atoms with Crippen molar-refractivity contribution in [3.05, 3.63) is 54.1 Å². The molecule has 1 aliphatic carbocycles. The maximum atomic E-state index is 12.7. The predicted octanol–water partition coefficient (Wildman–Crippen LogP) is 5.13. The molecule has 1 saturated carbocycles. The highest BCUT2D eigenvalue weighted by atomic mass is 16.5. The number of hydrogen-bond donors (Lipinski definition) is 0. The summed E-state index contributed by atoms with van der Waals surface area (Å²) < 4.78 is 7.81. The van der Waals surface area contributed by atoms with Crippen LogP contribution in [-0.4, -0.2) is 21.6 Å². The summed E-state index contributed by atoms with van der Waals surface area (Å²) >= 11 is 0. The highest BCUT2D eigenvalue weighted by Gasteiger charge is 2.23. The normalized spacial score (nSPS) is 19.9. The molecule has 0 N–H and O–H groups in total. The number of esters is 1. The number of carbonyl (C=O) groups is 1. The van der Waals surface area contributed by atoms with E-state index < -0.39 is 0 Å². The molecule has 0 radical (unpaired) electrons. The van der Waals surface area contributed by atoms with Crippen LogP contribution in [0.3, 0.4) is 0 Å². The van der Waals surface area contributed by atoms with Crippen LogP contribution in [0.2, 0.25) is 0 Å². The number of benzene rings is 2. The van der Waals surface area contributed by atoms with Crippen LogP contribution in [0.1, 0.15) is 38.2 Å². The Morgan fingerprint density at radius 2 is 1.93 bits per heavy atom. The van der Waals surface area contributed by atoms with Crippen LogP contribution >= 0.6 is 0 Å². The second kappa shape index (κ2) is 7.55. The number of imidazole rings is 1. The quantitative estimate of drug-likeness (QED) is 0.604. The predicted molar refractivity (Wildman–Crippen MR) is 107 cm³/mol. The van der Waals surface area contributed by atoms with E-state index in [1.165, 1.54) is 6.42 Å². The molecule has 0 aliphatic heterocycles. The van der Waals surface area contributed by atoms with Gasteiger partial charge >= 0.3 is 5.97 Å². The fraction of sp³-hybridized carbons (Fsp3) is 0.391. The maximum absolute atomic E-state index is 12.7. The largest absolute Gasteiger partial charge is 0.461 e. The van der Waals surface area contributed by atoms with E-state index in [0.29, 0.717) is 5.92 Å². The number of aryl methyl sites for hydroxylation is 1. The molecule has 0 saturated heterocycles. The van der Waals surface area contributed by atoms with Gasteiger partial charge in [-0.3, -0.25) is 4.79 Å². The van der Waals surface area contributed by atoms with Gasteiger partial charge < -0.3 is 9.30 Å². The summed E-state index contributed by atoms with van der Waals surface area (Å²) in [7, 11) is 0. The van der Waals surface area contributed by atoms with Gasteiger partial charge in [-0.25, -0.2) is 4.98 Å². The zero-order valence-corrected chi connectivity index (χ0v) is 16.0. The number of ether oxygens (including phenoxy) is 1. The van der Waals surface area contributed by atoms with Gasteiger partial charge in [0, 0.05) is 5.56 Å². The van der Waals surface area contributed by atoms with Crippen molar-refractivity contribution in [2.24, 2.45) is 5.92 Å². The minimum Gasteiger partial charge on any atom is -0.461 e. The lowest BCUT2D eigenvalue weighted by Gasteiger charge is -2.26. The lowest BCUT2D eigenvalue weighted by molar-refractivity contribution is -0.151. The molecule has 2 aromatic carbocycles. The van der Waals surface area contributed by atoms with Gasteiger partial charge in [-0.05, 0) is 49.8 Å². The number of para-hydroxylation sites is 2. The van der Waals surface area contributed by atoms with Gasteiger partial charge in [-0.1, -0.05) is 49.7 Å². The number of hydrogen-bond acceptors (Lipinski definition) is 3. The third-order valence-corrected chi connectivity index (χ3v) is 5.51. The first-order valence-corrected chi connectivity index (χ1v) is 9.82. The lowest BCUT2D eigenvalue weighted by Crippen LogP contribution is -2.26. The Kier molecular flexibility index (Phi) is 4.97. The minimum absolute atomic E-state index is 0.0537. The fourth-order valence-corrected chi connectivity index (χ4v) is 4.10. The summed E-state index contributed by atoms with van der Waals surface area (Å²) in [4.78, 5) is 17.5. The maximum Gasteiger partial charge on any atom is 0.326 e. The van der Waals surface area contributed by atoms with Crippen molar-refractivity contribution >= 4 is 17.0 Å². The Morgan fingerprint density at radius 1 is 1.15 bits per heavy atom. The van der Waals surface area contributed by atoms with E-state index in [0.717, 1.165) is 47.2 Å². The van der Waals surface area contributed by atoms with Crippen LogP contribution in [0.15, 0.2) is 48.5 Å². The molecule has 4 heteroatoms. The van der Waals surface area contributed by atoms with E-state index in [9.17, 15) is 4.79 Å². The minimum atomic E-state index is -0.174. The molecule has 140 valence electrons. The van der Waals surface area contributed by atoms with Gasteiger partial charge in [0.05, 0.1) is 11.0 Å².